The first kappa shape index (κ1) is 31.1. The highest BCUT2D eigenvalue weighted by Gasteiger charge is 2.38. The van der Waals surface area contributed by atoms with Crippen LogP contribution in [0.3, 0.4) is 0 Å². The van der Waals surface area contributed by atoms with Gasteiger partial charge in [0.25, 0.3) is 11.6 Å². The zero-order valence-electron chi connectivity index (χ0n) is 24.8. The zero-order chi connectivity index (χ0) is 30.8. The maximum atomic E-state index is 14.1. The Bertz CT molecular complexity index is 1510. The second-order valence-electron chi connectivity index (χ2n) is 11.7. The van der Waals surface area contributed by atoms with Crippen LogP contribution in [0.25, 0.3) is 22.0 Å². The van der Waals surface area contributed by atoms with Gasteiger partial charge in [-0.25, -0.2) is 4.79 Å². The summed E-state index contributed by atoms with van der Waals surface area (Å²) in [5, 5.41) is 24.5. The van der Waals surface area contributed by atoms with E-state index >= 15 is 0 Å². The van der Waals surface area contributed by atoms with E-state index < -0.39 is 34.3 Å². The number of hydrogen-bond donors (Lipinski definition) is 2. The molecule has 0 spiro atoms. The fourth-order valence-electron chi connectivity index (χ4n) is 4.99. The van der Waals surface area contributed by atoms with Crippen LogP contribution in [0.4, 0.5) is 5.69 Å². The first-order valence-corrected chi connectivity index (χ1v) is 13.4. The van der Waals surface area contributed by atoms with E-state index in [2.05, 4.69) is 5.32 Å². The summed E-state index contributed by atoms with van der Waals surface area (Å²) in [7, 11) is 3.32. The normalized spacial score (nSPS) is 13.6. The lowest BCUT2D eigenvalue weighted by molar-refractivity contribution is -0.384. The van der Waals surface area contributed by atoms with Gasteiger partial charge in [-0.2, -0.15) is 0 Å². The van der Waals surface area contributed by atoms with Crippen LogP contribution in [-0.4, -0.2) is 56.4 Å². The molecule has 0 radical (unpaired) electrons. The minimum Gasteiger partial charge on any atom is -0.478 e. The molecule has 3 aromatic rings. The number of carbonyl (C=O) groups excluding carboxylic acids is 2. The monoisotopic (exact) mass is 562 g/mol. The van der Waals surface area contributed by atoms with Gasteiger partial charge in [-0.05, 0) is 29.9 Å². The first-order chi connectivity index (χ1) is 19.1. The molecule has 1 heterocycles. The van der Waals surface area contributed by atoms with E-state index in [9.17, 15) is 29.6 Å². The molecule has 0 unspecified atom stereocenters. The van der Waals surface area contributed by atoms with Crippen molar-refractivity contribution in [2.75, 3.05) is 7.05 Å². The minimum absolute atomic E-state index is 0.0896. The number of carboxylic acid groups (broad SMARTS) is 1. The smallest absolute Gasteiger partial charge is 0.331 e. The zero-order valence-corrected chi connectivity index (χ0v) is 24.8. The second-order valence-corrected chi connectivity index (χ2v) is 11.7. The molecule has 0 saturated heterocycles. The molecule has 0 saturated carbocycles. The minimum atomic E-state index is -1.07. The van der Waals surface area contributed by atoms with Gasteiger partial charge in [-0.1, -0.05) is 71.0 Å². The van der Waals surface area contributed by atoms with Crippen molar-refractivity contribution >= 4 is 34.4 Å². The summed E-state index contributed by atoms with van der Waals surface area (Å²) in [6.07, 6.45) is 1.55. The van der Waals surface area contributed by atoms with Crippen LogP contribution in [0.15, 0.2) is 60.2 Å². The Morgan fingerprint density at radius 2 is 1.71 bits per heavy atom. The molecule has 10 heteroatoms. The van der Waals surface area contributed by atoms with Gasteiger partial charge >= 0.3 is 5.97 Å². The molecular weight excluding hydrogens is 524 g/mol. The van der Waals surface area contributed by atoms with Crippen LogP contribution in [-0.2, 0) is 16.6 Å². The average Bonchev–Trinajstić information content (AvgIpc) is 3.20. The molecule has 2 atom stereocenters. The van der Waals surface area contributed by atoms with Crippen molar-refractivity contribution in [3.8, 4) is 11.1 Å². The van der Waals surface area contributed by atoms with Crippen molar-refractivity contribution in [2.45, 2.75) is 53.6 Å². The van der Waals surface area contributed by atoms with Gasteiger partial charge in [0.2, 0.25) is 5.91 Å². The number of carboxylic acids is 1. The molecule has 218 valence electrons. The predicted octanol–water partition coefficient (Wildman–Crippen LogP) is 5.41. The number of rotatable bonds is 9. The molecule has 2 amide bonds. The van der Waals surface area contributed by atoms with Gasteiger partial charge in [0, 0.05) is 48.3 Å². The van der Waals surface area contributed by atoms with Crippen molar-refractivity contribution in [1.82, 2.24) is 14.8 Å². The summed E-state index contributed by atoms with van der Waals surface area (Å²) in [6.45, 7) is 10.8. The van der Waals surface area contributed by atoms with E-state index in [1.54, 1.807) is 30.8 Å². The number of non-ortho nitro benzene ring substituents is 1. The largest absolute Gasteiger partial charge is 0.478 e. The number of carbonyl (C=O) groups is 3. The number of hydrogen-bond acceptors (Lipinski definition) is 5. The maximum absolute atomic E-state index is 14.1. The van der Waals surface area contributed by atoms with Gasteiger partial charge in [0.15, 0.2) is 0 Å². The Hall–Kier alpha value is -4.47. The molecule has 0 aliphatic rings. The van der Waals surface area contributed by atoms with Gasteiger partial charge in [0.05, 0.1) is 11.0 Å². The lowest BCUT2D eigenvalue weighted by atomic mass is 9.85. The SMILES string of the molecule is C/C(=C\[C@H](C(C)C)N(C)C(=O)[C@@H](NC(=O)c1c(-c2ccccc2)c2cc([N+](=O)[O-])ccc2n1C)C(C)(C)C)C(=O)O. The molecule has 0 aliphatic carbocycles. The van der Waals surface area contributed by atoms with E-state index in [4.69, 9.17) is 0 Å². The Morgan fingerprint density at radius 1 is 1.10 bits per heavy atom. The van der Waals surface area contributed by atoms with Crippen LogP contribution < -0.4 is 5.32 Å². The van der Waals surface area contributed by atoms with Gasteiger partial charge in [-0.3, -0.25) is 19.7 Å². The first-order valence-electron chi connectivity index (χ1n) is 13.4. The predicted molar refractivity (Wildman–Crippen MR) is 159 cm³/mol. The highest BCUT2D eigenvalue weighted by molar-refractivity contribution is 6.11. The van der Waals surface area contributed by atoms with Gasteiger partial charge in [-0.15, -0.1) is 0 Å². The number of nitrogens with one attached hydrogen (secondary N) is 1. The number of nitrogens with zero attached hydrogens (tertiary/aromatic N) is 3. The van der Waals surface area contributed by atoms with Gasteiger partial charge in [0.1, 0.15) is 11.7 Å². The molecule has 0 fully saturated rings. The molecule has 0 bridgehead atoms. The topological polar surface area (TPSA) is 135 Å². The molecule has 0 aliphatic heterocycles. The summed E-state index contributed by atoms with van der Waals surface area (Å²) < 4.78 is 1.68. The number of aliphatic carboxylic acids is 1. The average molecular weight is 563 g/mol. The van der Waals surface area contributed by atoms with Crippen molar-refractivity contribution in [2.24, 2.45) is 18.4 Å². The number of aryl methyl sites for hydroxylation is 1. The Labute approximate surface area is 239 Å². The number of benzene rings is 2. The highest BCUT2D eigenvalue weighted by Crippen LogP contribution is 2.37. The number of fused-ring (bicyclic) bond motifs is 1. The molecule has 2 N–H and O–H groups in total. The molecule has 10 nitrogen and oxygen atoms in total. The quantitative estimate of drug-likeness (QED) is 0.203. The van der Waals surface area contributed by atoms with E-state index in [1.807, 2.05) is 65.0 Å². The summed E-state index contributed by atoms with van der Waals surface area (Å²) >= 11 is 0. The summed E-state index contributed by atoms with van der Waals surface area (Å²) in [6, 6.07) is 12.1. The van der Waals surface area contributed by atoms with E-state index in [1.165, 1.54) is 24.0 Å². The number of likely N-dealkylation sites (N-methyl/N-ethyl adjacent to an activating group) is 1. The van der Waals surface area contributed by atoms with Crippen LogP contribution in [0.2, 0.25) is 0 Å². The highest BCUT2D eigenvalue weighted by atomic mass is 16.6. The molecule has 1 aromatic heterocycles. The molecule has 3 rings (SSSR count). The number of amides is 2. The standard InChI is InChI=1S/C31H38N4O6/c1-18(2)24(16-19(3)30(38)39)34(8)29(37)27(31(4,5)6)32-28(36)26-25(20-12-10-9-11-13-20)22-17-21(35(40)41)14-15-23(22)33(26)7/h9-18,24,27H,1-8H3,(H,32,36)(H,38,39)/b19-16+/t24-,27-/m1/s1. The van der Waals surface area contributed by atoms with Crippen LogP contribution >= 0.6 is 0 Å². The summed E-state index contributed by atoms with van der Waals surface area (Å²) in [4.78, 5) is 52.1. The lowest BCUT2D eigenvalue weighted by Crippen LogP contribution is -2.56. The molecular formula is C31H38N4O6. The Kier molecular flexibility index (Phi) is 9.06. The number of nitro benzene ring substituents is 1. The number of aromatic nitrogens is 1. The van der Waals surface area contributed by atoms with Crippen LogP contribution in [0.1, 0.15) is 52.0 Å². The lowest BCUT2D eigenvalue weighted by Gasteiger charge is -2.37. The van der Waals surface area contributed by atoms with Crippen LogP contribution in [0, 0.1) is 21.4 Å². The maximum Gasteiger partial charge on any atom is 0.331 e. The van der Waals surface area contributed by atoms with Gasteiger partial charge < -0.3 is 19.9 Å². The van der Waals surface area contributed by atoms with Crippen molar-refractivity contribution in [3.05, 3.63) is 76.0 Å². The fraction of sp³-hybridized carbons (Fsp3) is 0.387. The van der Waals surface area contributed by atoms with Crippen molar-refractivity contribution < 1.29 is 24.4 Å². The summed E-state index contributed by atoms with van der Waals surface area (Å²) in [5.41, 5.74) is 1.44. The van der Waals surface area contributed by atoms with Crippen LogP contribution in [0.5, 0.6) is 0 Å². The third-order valence-electron chi connectivity index (χ3n) is 7.30. The fourth-order valence-corrected chi connectivity index (χ4v) is 4.99. The third kappa shape index (κ3) is 6.48. The molecule has 41 heavy (non-hydrogen) atoms. The van der Waals surface area contributed by atoms with Crippen molar-refractivity contribution in [1.29, 1.82) is 0 Å². The summed E-state index contributed by atoms with van der Waals surface area (Å²) in [5.74, 6) is -2.03. The van der Waals surface area contributed by atoms with E-state index in [-0.39, 0.29) is 28.8 Å². The van der Waals surface area contributed by atoms with Crippen molar-refractivity contribution in [3.63, 3.8) is 0 Å². The number of nitro groups is 1. The Balaban J connectivity index is 2.13. The second kappa shape index (κ2) is 12.0. The molecule has 2 aromatic carbocycles. The van der Waals surface area contributed by atoms with E-state index in [0.717, 1.165) is 0 Å². The van der Waals surface area contributed by atoms with E-state index in [0.29, 0.717) is 22.0 Å². The third-order valence-corrected chi connectivity index (χ3v) is 7.30. The Morgan fingerprint density at radius 3 is 2.22 bits per heavy atom.